The van der Waals surface area contributed by atoms with Gasteiger partial charge in [0.2, 0.25) is 0 Å². The molecule has 0 fully saturated rings. The highest BCUT2D eigenvalue weighted by molar-refractivity contribution is 7.99. The number of ether oxygens (including phenoxy) is 2. The summed E-state index contributed by atoms with van der Waals surface area (Å²) < 4.78 is 11.5. The zero-order valence-corrected chi connectivity index (χ0v) is 13.1. The van der Waals surface area contributed by atoms with Gasteiger partial charge in [0.15, 0.2) is 0 Å². The van der Waals surface area contributed by atoms with E-state index in [9.17, 15) is 0 Å². The van der Waals surface area contributed by atoms with Crippen molar-refractivity contribution in [1.82, 2.24) is 0 Å². The Morgan fingerprint density at radius 2 is 1.82 bits per heavy atom. The maximum absolute atomic E-state index is 6.24. The number of benzene rings is 3. The molecular formula is C19H16O2S. The zero-order chi connectivity index (χ0) is 14.9. The summed E-state index contributed by atoms with van der Waals surface area (Å²) in [4.78, 5) is 1.25. The first kappa shape index (κ1) is 13.5. The van der Waals surface area contributed by atoms with Gasteiger partial charge in [0, 0.05) is 5.75 Å². The van der Waals surface area contributed by atoms with Crippen LogP contribution in [0.15, 0.2) is 65.6 Å². The summed E-state index contributed by atoms with van der Waals surface area (Å²) in [6.07, 6.45) is 0.0876. The fourth-order valence-corrected chi connectivity index (χ4v) is 3.97. The molecule has 4 rings (SSSR count). The fourth-order valence-electron chi connectivity index (χ4n) is 2.79. The molecule has 0 aromatic heterocycles. The van der Waals surface area contributed by atoms with Gasteiger partial charge in [-0.2, -0.15) is 0 Å². The molecule has 3 aromatic carbocycles. The SMILES string of the molecule is COc1ccc(C2CSc3c(ccc4ccccc34)O2)cc1. The van der Waals surface area contributed by atoms with Crippen LogP contribution in [0.5, 0.6) is 11.5 Å². The van der Waals surface area contributed by atoms with Crippen LogP contribution in [0.2, 0.25) is 0 Å². The second kappa shape index (κ2) is 5.58. The van der Waals surface area contributed by atoms with Gasteiger partial charge in [-0.15, -0.1) is 11.8 Å². The van der Waals surface area contributed by atoms with Crippen LogP contribution < -0.4 is 9.47 Å². The van der Waals surface area contributed by atoms with E-state index in [0.29, 0.717) is 0 Å². The van der Waals surface area contributed by atoms with Gasteiger partial charge >= 0.3 is 0 Å². The number of fused-ring (bicyclic) bond motifs is 3. The standard InChI is InChI=1S/C19H16O2S/c1-20-15-9-6-14(7-10-15)18-12-22-19-16-5-3-2-4-13(16)8-11-17(19)21-18/h2-11,18H,12H2,1H3. The van der Waals surface area contributed by atoms with Gasteiger partial charge in [-0.25, -0.2) is 0 Å². The van der Waals surface area contributed by atoms with Crippen LogP contribution in [0.4, 0.5) is 0 Å². The molecule has 1 heterocycles. The monoisotopic (exact) mass is 308 g/mol. The Hall–Kier alpha value is -2.13. The minimum Gasteiger partial charge on any atom is -0.497 e. The molecule has 0 bridgehead atoms. The van der Waals surface area contributed by atoms with Crippen LogP contribution in [0.3, 0.4) is 0 Å². The van der Waals surface area contributed by atoms with Gasteiger partial charge in [0.1, 0.15) is 17.6 Å². The molecular weight excluding hydrogens is 292 g/mol. The normalized spacial score (nSPS) is 16.9. The molecule has 0 aliphatic carbocycles. The molecule has 0 saturated heterocycles. The lowest BCUT2D eigenvalue weighted by Gasteiger charge is -2.27. The van der Waals surface area contributed by atoms with Crippen molar-refractivity contribution in [3.63, 3.8) is 0 Å². The fraction of sp³-hybridized carbons (Fsp3) is 0.158. The Kier molecular flexibility index (Phi) is 3.43. The second-order valence-electron chi connectivity index (χ2n) is 5.30. The Morgan fingerprint density at radius 3 is 2.64 bits per heavy atom. The summed E-state index contributed by atoms with van der Waals surface area (Å²) in [6.45, 7) is 0. The number of hydrogen-bond donors (Lipinski definition) is 0. The molecule has 0 saturated carbocycles. The number of thioether (sulfide) groups is 1. The maximum Gasteiger partial charge on any atom is 0.134 e. The average molecular weight is 308 g/mol. The first-order valence-corrected chi connectivity index (χ1v) is 8.29. The number of methoxy groups -OCH3 is 1. The molecule has 1 aliphatic heterocycles. The maximum atomic E-state index is 6.24. The van der Waals surface area contributed by atoms with Crippen molar-refractivity contribution >= 4 is 22.5 Å². The summed E-state index contributed by atoms with van der Waals surface area (Å²) in [6, 6.07) is 20.8. The Bertz CT molecular complexity index is 811. The summed E-state index contributed by atoms with van der Waals surface area (Å²) in [7, 11) is 1.68. The third kappa shape index (κ3) is 2.32. The predicted octanol–water partition coefficient (Wildman–Crippen LogP) is 5.07. The van der Waals surface area contributed by atoms with Crippen molar-refractivity contribution in [2.75, 3.05) is 12.9 Å². The number of rotatable bonds is 2. The molecule has 0 amide bonds. The molecule has 3 aromatic rings. The second-order valence-corrected chi connectivity index (χ2v) is 6.33. The topological polar surface area (TPSA) is 18.5 Å². The lowest BCUT2D eigenvalue weighted by Crippen LogP contribution is -2.14. The van der Waals surface area contributed by atoms with Crippen LogP contribution in [-0.4, -0.2) is 12.9 Å². The Balaban J connectivity index is 1.67. The lowest BCUT2D eigenvalue weighted by molar-refractivity contribution is 0.221. The van der Waals surface area contributed by atoms with Crippen LogP contribution in [-0.2, 0) is 0 Å². The van der Waals surface area contributed by atoms with E-state index in [1.54, 1.807) is 7.11 Å². The summed E-state index contributed by atoms with van der Waals surface area (Å²) in [5, 5.41) is 2.54. The molecule has 22 heavy (non-hydrogen) atoms. The van der Waals surface area contributed by atoms with Crippen LogP contribution in [0.25, 0.3) is 10.8 Å². The molecule has 3 heteroatoms. The van der Waals surface area contributed by atoms with E-state index in [0.717, 1.165) is 17.3 Å². The molecule has 1 unspecified atom stereocenters. The first-order valence-electron chi connectivity index (χ1n) is 7.30. The van der Waals surface area contributed by atoms with E-state index >= 15 is 0 Å². The molecule has 2 nitrogen and oxygen atoms in total. The highest BCUT2D eigenvalue weighted by Crippen LogP contribution is 2.44. The van der Waals surface area contributed by atoms with E-state index in [-0.39, 0.29) is 6.10 Å². The average Bonchev–Trinajstić information content (AvgIpc) is 2.61. The van der Waals surface area contributed by atoms with Gasteiger partial charge in [0.25, 0.3) is 0 Å². The van der Waals surface area contributed by atoms with E-state index in [2.05, 4.69) is 48.5 Å². The Labute approximate surface area is 134 Å². The quantitative estimate of drug-likeness (QED) is 0.658. The van der Waals surface area contributed by atoms with Crippen molar-refractivity contribution < 1.29 is 9.47 Å². The van der Waals surface area contributed by atoms with Gasteiger partial charge < -0.3 is 9.47 Å². The Morgan fingerprint density at radius 1 is 1.00 bits per heavy atom. The van der Waals surface area contributed by atoms with Gasteiger partial charge in [0.05, 0.1) is 12.0 Å². The van der Waals surface area contributed by atoms with E-state index in [1.165, 1.54) is 21.2 Å². The van der Waals surface area contributed by atoms with Crippen LogP contribution >= 0.6 is 11.8 Å². The van der Waals surface area contributed by atoms with E-state index < -0.39 is 0 Å². The smallest absolute Gasteiger partial charge is 0.134 e. The molecule has 110 valence electrons. The minimum absolute atomic E-state index is 0.0876. The van der Waals surface area contributed by atoms with Gasteiger partial charge in [-0.05, 0) is 34.5 Å². The summed E-state index contributed by atoms with van der Waals surface area (Å²) in [5.41, 5.74) is 1.19. The molecule has 0 spiro atoms. The van der Waals surface area contributed by atoms with Crippen molar-refractivity contribution in [1.29, 1.82) is 0 Å². The first-order chi connectivity index (χ1) is 10.8. The molecule has 0 N–H and O–H groups in total. The highest BCUT2D eigenvalue weighted by atomic mass is 32.2. The summed E-state index contributed by atoms with van der Waals surface area (Å²) in [5.74, 6) is 2.78. The minimum atomic E-state index is 0.0876. The van der Waals surface area contributed by atoms with Crippen molar-refractivity contribution in [3.8, 4) is 11.5 Å². The van der Waals surface area contributed by atoms with Crippen LogP contribution in [0.1, 0.15) is 11.7 Å². The predicted molar refractivity (Wildman–Crippen MR) is 91.0 cm³/mol. The van der Waals surface area contributed by atoms with Gasteiger partial charge in [-0.1, -0.05) is 42.5 Å². The van der Waals surface area contributed by atoms with E-state index in [1.807, 2.05) is 23.9 Å². The lowest BCUT2D eigenvalue weighted by atomic mass is 10.1. The third-order valence-electron chi connectivity index (χ3n) is 3.98. The highest BCUT2D eigenvalue weighted by Gasteiger charge is 2.23. The third-order valence-corrected chi connectivity index (χ3v) is 5.16. The van der Waals surface area contributed by atoms with Crippen molar-refractivity contribution in [2.24, 2.45) is 0 Å². The summed E-state index contributed by atoms with van der Waals surface area (Å²) >= 11 is 1.87. The van der Waals surface area contributed by atoms with Crippen LogP contribution in [0, 0.1) is 0 Å². The molecule has 1 atom stereocenters. The largest absolute Gasteiger partial charge is 0.497 e. The zero-order valence-electron chi connectivity index (χ0n) is 12.3. The van der Waals surface area contributed by atoms with Crippen molar-refractivity contribution in [3.05, 3.63) is 66.2 Å². The molecule has 1 aliphatic rings. The number of hydrogen-bond acceptors (Lipinski definition) is 3. The van der Waals surface area contributed by atoms with Gasteiger partial charge in [-0.3, -0.25) is 0 Å². The van der Waals surface area contributed by atoms with Crippen molar-refractivity contribution in [2.45, 2.75) is 11.0 Å². The van der Waals surface area contributed by atoms with E-state index in [4.69, 9.17) is 9.47 Å². The molecule has 0 radical (unpaired) electrons.